The highest BCUT2D eigenvalue weighted by Gasteiger charge is 2.19. The highest BCUT2D eigenvalue weighted by molar-refractivity contribution is 7.99. The molecule has 1 rings (SSSR count). The smallest absolute Gasteiger partial charge is 0.233 e. The van der Waals surface area contributed by atoms with E-state index in [9.17, 15) is 9.90 Å². The minimum absolute atomic E-state index is 0.0112. The number of carbonyl (C=O) groups is 1. The number of thioether (sulfide) groups is 1. The van der Waals surface area contributed by atoms with Crippen LogP contribution in [0.4, 0.5) is 0 Å². The first kappa shape index (κ1) is 14.1. The fraction of sp³-hybridized carbons (Fsp3) is 0.462. The predicted octanol–water partition coefficient (Wildman–Crippen LogP) is 1.98. The molecule has 94 valence electrons. The summed E-state index contributed by atoms with van der Waals surface area (Å²) in [6.45, 7) is 1.90. The van der Waals surface area contributed by atoms with Gasteiger partial charge in [0.25, 0.3) is 0 Å². The van der Waals surface area contributed by atoms with Crippen LogP contribution < -0.4 is 5.32 Å². The average molecular weight is 253 g/mol. The second kappa shape index (κ2) is 7.35. The van der Waals surface area contributed by atoms with Crippen LogP contribution in [0.15, 0.2) is 30.3 Å². The number of rotatable bonds is 6. The average Bonchev–Trinajstić information content (AvgIpc) is 2.38. The number of aliphatic hydroxyl groups is 1. The van der Waals surface area contributed by atoms with E-state index in [0.29, 0.717) is 0 Å². The lowest BCUT2D eigenvalue weighted by atomic mass is 10.1. The summed E-state index contributed by atoms with van der Waals surface area (Å²) in [5.41, 5.74) is 0.930. The van der Waals surface area contributed by atoms with E-state index in [2.05, 4.69) is 5.32 Å². The minimum atomic E-state index is -0.315. The highest BCUT2D eigenvalue weighted by Crippen LogP contribution is 2.15. The molecule has 4 heteroatoms. The Labute approximate surface area is 107 Å². The van der Waals surface area contributed by atoms with Crippen molar-refractivity contribution in [2.75, 3.05) is 12.9 Å². The molecule has 0 aliphatic heterocycles. The third-order valence-electron chi connectivity index (χ3n) is 2.65. The first-order valence-electron chi connectivity index (χ1n) is 5.71. The van der Waals surface area contributed by atoms with Crippen molar-refractivity contribution in [3.63, 3.8) is 0 Å². The van der Waals surface area contributed by atoms with Crippen molar-refractivity contribution >= 4 is 17.7 Å². The Morgan fingerprint density at radius 1 is 1.41 bits per heavy atom. The molecule has 0 aromatic heterocycles. The van der Waals surface area contributed by atoms with Gasteiger partial charge in [0.05, 0.1) is 17.9 Å². The van der Waals surface area contributed by atoms with Gasteiger partial charge in [-0.2, -0.15) is 11.8 Å². The second-order valence-electron chi connectivity index (χ2n) is 3.79. The third kappa shape index (κ3) is 4.06. The number of hydrogen-bond acceptors (Lipinski definition) is 3. The molecule has 2 atom stereocenters. The van der Waals surface area contributed by atoms with Crippen molar-refractivity contribution in [2.24, 2.45) is 0 Å². The second-order valence-corrected chi connectivity index (χ2v) is 4.83. The van der Waals surface area contributed by atoms with Crippen LogP contribution in [0.1, 0.15) is 24.9 Å². The normalized spacial score (nSPS) is 14.1. The van der Waals surface area contributed by atoms with Crippen LogP contribution in [0.25, 0.3) is 0 Å². The molecule has 1 aromatic rings. The van der Waals surface area contributed by atoms with Gasteiger partial charge in [-0.3, -0.25) is 4.79 Å². The van der Waals surface area contributed by atoms with Gasteiger partial charge in [0.1, 0.15) is 0 Å². The van der Waals surface area contributed by atoms with Crippen LogP contribution in [0.2, 0.25) is 0 Å². The zero-order valence-electron chi connectivity index (χ0n) is 10.2. The van der Waals surface area contributed by atoms with Gasteiger partial charge in [-0.05, 0) is 18.2 Å². The van der Waals surface area contributed by atoms with Crippen LogP contribution in [-0.4, -0.2) is 29.1 Å². The van der Waals surface area contributed by atoms with Crippen molar-refractivity contribution in [2.45, 2.75) is 24.6 Å². The maximum absolute atomic E-state index is 11.9. The highest BCUT2D eigenvalue weighted by atomic mass is 32.2. The molecule has 0 aliphatic rings. The van der Waals surface area contributed by atoms with Gasteiger partial charge < -0.3 is 10.4 Å². The molecule has 0 saturated heterocycles. The van der Waals surface area contributed by atoms with E-state index in [1.807, 2.05) is 43.5 Å². The zero-order valence-corrected chi connectivity index (χ0v) is 11.0. The van der Waals surface area contributed by atoms with E-state index < -0.39 is 0 Å². The summed E-state index contributed by atoms with van der Waals surface area (Å²) in [7, 11) is 0. The molecule has 0 radical (unpaired) electrons. The van der Waals surface area contributed by atoms with Gasteiger partial charge in [-0.15, -0.1) is 0 Å². The summed E-state index contributed by atoms with van der Waals surface area (Å²) >= 11 is 1.53. The monoisotopic (exact) mass is 253 g/mol. The molecule has 1 amide bonds. The Morgan fingerprint density at radius 3 is 2.53 bits per heavy atom. The lowest BCUT2D eigenvalue weighted by Crippen LogP contribution is -2.36. The van der Waals surface area contributed by atoms with Crippen LogP contribution in [0, 0.1) is 0 Å². The van der Waals surface area contributed by atoms with Crippen molar-refractivity contribution in [3.8, 4) is 0 Å². The first-order chi connectivity index (χ1) is 8.22. The van der Waals surface area contributed by atoms with Crippen molar-refractivity contribution in [1.82, 2.24) is 5.32 Å². The Bertz CT molecular complexity index is 339. The van der Waals surface area contributed by atoms with E-state index in [1.165, 1.54) is 11.8 Å². The summed E-state index contributed by atoms with van der Waals surface area (Å²) in [5, 5.41) is 12.2. The van der Waals surface area contributed by atoms with E-state index in [1.54, 1.807) is 0 Å². The topological polar surface area (TPSA) is 49.3 Å². The van der Waals surface area contributed by atoms with Gasteiger partial charge in [-0.25, -0.2) is 0 Å². The molecule has 0 fully saturated rings. The summed E-state index contributed by atoms with van der Waals surface area (Å²) in [6, 6.07) is 9.20. The molecular formula is C13H19NO2S. The van der Waals surface area contributed by atoms with Crippen molar-refractivity contribution in [3.05, 3.63) is 35.9 Å². The molecule has 0 spiro atoms. The summed E-state index contributed by atoms with van der Waals surface area (Å²) in [6.07, 6.45) is 2.71. The Kier molecular flexibility index (Phi) is 6.08. The summed E-state index contributed by atoms with van der Waals surface area (Å²) in [4.78, 5) is 11.9. The number of amides is 1. The zero-order chi connectivity index (χ0) is 12.7. The molecule has 0 saturated carbocycles. The minimum Gasteiger partial charge on any atom is -0.394 e. The summed E-state index contributed by atoms with van der Waals surface area (Å²) in [5.74, 6) is -0.0112. The van der Waals surface area contributed by atoms with Gasteiger partial charge >= 0.3 is 0 Å². The van der Waals surface area contributed by atoms with Crippen molar-refractivity contribution in [1.29, 1.82) is 0 Å². The van der Waals surface area contributed by atoms with Gasteiger partial charge in [0.2, 0.25) is 5.91 Å². The molecule has 17 heavy (non-hydrogen) atoms. The standard InChI is InChI=1S/C13H19NO2S/c1-3-12(17-2)13(16)14-11(9-15)10-7-5-4-6-8-10/h4-8,11-12,15H,3,9H2,1-2H3,(H,14,16). The van der Waals surface area contributed by atoms with Crippen LogP contribution >= 0.6 is 11.8 Å². The van der Waals surface area contributed by atoms with E-state index in [4.69, 9.17) is 0 Å². The molecular weight excluding hydrogens is 234 g/mol. The number of nitrogens with one attached hydrogen (secondary N) is 1. The quantitative estimate of drug-likeness (QED) is 0.815. The molecule has 0 heterocycles. The van der Waals surface area contributed by atoms with Crippen molar-refractivity contribution < 1.29 is 9.90 Å². The molecule has 1 aromatic carbocycles. The Balaban J connectivity index is 2.68. The predicted molar refractivity (Wildman–Crippen MR) is 72.0 cm³/mol. The molecule has 2 N–H and O–H groups in total. The molecule has 2 unspecified atom stereocenters. The molecule has 0 aliphatic carbocycles. The SMILES string of the molecule is CCC(SC)C(=O)NC(CO)c1ccccc1. The van der Waals surface area contributed by atoms with Crippen LogP contribution in [-0.2, 0) is 4.79 Å². The maximum Gasteiger partial charge on any atom is 0.233 e. The van der Waals surface area contributed by atoms with E-state index in [-0.39, 0.29) is 23.8 Å². The van der Waals surface area contributed by atoms with Gasteiger partial charge in [-0.1, -0.05) is 37.3 Å². The van der Waals surface area contributed by atoms with Crippen LogP contribution in [0.3, 0.4) is 0 Å². The Hall–Kier alpha value is -1.00. The van der Waals surface area contributed by atoms with Gasteiger partial charge in [0, 0.05) is 0 Å². The lowest BCUT2D eigenvalue weighted by molar-refractivity contribution is -0.121. The number of aliphatic hydroxyl groups excluding tert-OH is 1. The molecule has 3 nitrogen and oxygen atoms in total. The number of hydrogen-bond donors (Lipinski definition) is 2. The van der Waals surface area contributed by atoms with E-state index >= 15 is 0 Å². The summed E-state index contributed by atoms with van der Waals surface area (Å²) < 4.78 is 0. The number of carbonyl (C=O) groups excluding carboxylic acids is 1. The molecule has 0 bridgehead atoms. The van der Waals surface area contributed by atoms with Crippen LogP contribution in [0.5, 0.6) is 0 Å². The lowest BCUT2D eigenvalue weighted by Gasteiger charge is -2.20. The fourth-order valence-corrected chi connectivity index (χ4v) is 2.26. The number of benzene rings is 1. The van der Waals surface area contributed by atoms with E-state index in [0.717, 1.165) is 12.0 Å². The fourth-order valence-electron chi connectivity index (χ4n) is 1.64. The van der Waals surface area contributed by atoms with Gasteiger partial charge in [0.15, 0.2) is 0 Å². The largest absolute Gasteiger partial charge is 0.394 e. The Morgan fingerprint density at radius 2 is 2.06 bits per heavy atom. The first-order valence-corrected chi connectivity index (χ1v) is 7.00. The third-order valence-corrected chi connectivity index (χ3v) is 3.77. The maximum atomic E-state index is 11.9.